The minimum atomic E-state index is 0.189. The Bertz CT molecular complexity index is 1680. The van der Waals surface area contributed by atoms with Crippen LogP contribution in [0.25, 0.3) is 0 Å². The zero-order valence-electron chi connectivity index (χ0n) is 31.9. The van der Waals surface area contributed by atoms with Gasteiger partial charge in [-0.15, -0.1) is 0 Å². The molecule has 2 aliphatic rings. The van der Waals surface area contributed by atoms with Crippen LogP contribution in [0.2, 0.25) is 15.3 Å². The van der Waals surface area contributed by atoms with E-state index in [9.17, 15) is 0 Å². The van der Waals surface area contributed by atoms with Gasteiger partial charge in [0.2, 0.25) is 11.2 Å². The number of ether oxygens (including phenoxy) is 4. The molecule has 2 saturated heterocycles. The number of halogens is 3. The summed E-state index contributed by atoms with van der Waals surface area (Å²) in [5.74, 6) is 3.35. The maximum atomic E-state index is 6.20. The molecule has 0 amide bonds. The molecule has 2 aromatic carbocycles. The first-order valence-electron chi connectivity index (χ1n) is 18.2. The molecule has 300 valence electrons. The second kappa shape index (κ2) is 23.9. The van der Waals surface area contributed by atoms with E-state index in [1.54, 1.807) is 6.20 Å². The highest BCUT2D eigenvalue weighted by atomic mass is 35.5. The Morgan fingerprint density at radius 3 is 1.69 bits per heavy atom. The molecule has 14 nitrogen and oxygen atoms in total. The average Bonchev–Trinajstić information content (AvgIpc) is 3.89. The Balaban J connectivity index is 0.000000202. The van der Waals surface area contributed by atoms with E-state index in [1.165, 1.54) is 6.20 Å². The van der Waals surface area contributed by atoms with Crippen molar-refractivity contribution in [2.24, 2.45) is 0 Å². The third-order valence-electron chi connectivity index (χ3n) is 8.11. The standard InChI is InChI=1S/C19H26ClN5O2.C10H16N2O.C9H11Cl2N3O/c1-25(2)9-11-27-15-7-5-14(6-8-15)23-19-22-13-17(20)18(24-19)21-12-16-4-3-10-26-16;1-12(2)7-8-13-10-5-3-9(11)4-6-10;10-7-5-13-9(11)14-8(7)12-4-6-2-1-3-15-6/h5-8,13,16H,3-4,9-12H2,1-2H3,(H2,21,22,23,24);3-6H,7-8,11H2,1-2H3;5-6H,1-4H2,(H,12,13,14). The summed E-state index contributed by atoms with van der Waals surface area (Å²) in [6, 6.07) is 15.1. The second-order valence-electron chi connectivity index (χ2n) is 13.3. The van der Waals surface area contributed by atoms with Crippen LogP contribution >= 0.6 is 34.8 Å². The Morgan fingerprint density at radius 2 is 1.20 bits per heavy atom. The van der Waals surface area contributed by atoms with E-state index in [-0.39, 0.29) is 17.5 Å². The molecule has 0 aliphatic carbocycles. The lowest BCUT2D eigenvalue weighted by molar-refractivity contribution is 0.120. The van der Waals surface area contributed by atoms with Crippen molar-refractivity contribution in [2.75, 3.05) is 102 Å². The van der Waals surface area contributed by atoms with E-state index in [1.807, 2.05) is 76.7 Å². The van der Waals surface area contributed by atoms with E-state index in [4.69, 9.17) is 59.5 Å². The Morgan fingerprint density at radius 1 is 0.709 bits per heavy atom. The second-order valence-corrected chi connectivity index (χ2v) is 14.4. The molecule has 5 N–H and O–H groups in total. The first-order valence-corrected chi connectivity index (χ1v) is 19.4. The maximum absolute atomic E-state index is 6.20. The van der Waals surface area contributed by atoms with Crippen LogP contribution in [0.15, 0.2) is 60.9 Å². The predicted octanol–water partition coefficient (Wildman–Crippen LogP) is 6.99. The molecule has 2 unspecified atom stereocenters. The molecular formula is C38H53Cl3N10O4. The van der Waals surface area contributed by atoms with Gasteiger partial charge in [0.05, 0.1) is 24.6 Å². The Kier molecular flexibility index (Phi) is 19.0. The summed E-state index contributed by atoms with van der Waals surface area (Å²) in [6.45, 7) is 6.21. The van der Waals surface area contributed by atoms with Gasteiger partial charge >= 0.3 is 0 Å². The third kappa shape index (κ3) is 17.2. The molecule has 0 spiro atoms. The fourth-order valence-corrected chi connectivity index (χ4v) is 5.52. The molecule has 55 heavy (non-hydrogen) atoms. The molecule has 2 fully saturated rings. The van der Waals surface area contributed by atoms with Gasteiger partial charge in [0, 0.05) is 50.8 Å². The summed E-state index contributed by atoms with van der Waals surface area (Å²) < 4.78 is 22.2. The summed E-state index contributed by atoms with van der Waals surface area (Å²) >= 11 is 17.8. The number of hydrogen-bond donors (Lipinski definition) is 4. The van der Waals surface area contributed by atoms with Gasteiger partial charge in [0.15, 0.2) is 5.82 Å². The molecule has 6 rings (SSSR count). The molecule has 0 bridgehead atoms. The van der Waals surface area contributed by atoms with Gasteiger partial charge in [-0.3, -0.25) is 0 Å². The van der Waals surface area contributed by atoms with Crippen LogP contribution in [0.5, 0.6) is 11.5 Å². The van der Waals surface area contributed by atoms with Crippen molar-refractivity contribution in [3.8, 4) is 11.5 Å². The van der Waals surface area contributed by atoms with Crippen LogP contribution in [0, 0.1) is 0 Å². The largest absolute Gasteiger partial charge is 0.492 e. The van der Waals surface area contributed by atoms with Crippen LogP contribution in [0.1, 0.15) is 25.7 Å². The Labute approximate surface area is 339 Å². The van der Waals surface area contributed by atoms with Crippen molar-refractivity contribution in [3.05, 3.63) is 76.3 Å². The average molecular weight is 820 g/mol. The quantitative estimate of drug-likeness (QED) is 0.0678. The SMILES string of the molecule is CN(C)CCOc1ccc(N)cc1.CN(C)CCOc1ccc(Nc2ncc(Cl)c(NCC3CCCO3)n2)cc1.Clc1ncc(Cl)c(NCC2CCCO2)n1. The third-order valence-corrected chi connectivity index (χ3v) is 8.84. The monoisotopic (exact) mass is 818 g/mol. The number of hydrogen-bond acceptors (Lipinski definition) is 14. The minimum Gasteiger partial charge on any atom is -0.492 e. The first-order chi connectivity index (χ1) is 26.5. The summed E-state index contributed by atoms with van der Waals surface area (Å²) in [5, 5.41) is 10.7. The smallest absolute Gasteiger partial charge is 0.229 e. The maximum Gasteiger partial charge on any atom is 0.229 e. The Hall–Kier alpha value is -3.89. The van der Waals surface area contributed by atoms with Gasteiger partial charge in [-0.2, -0.15) is 9.97 Å². The molecule has 2 atom stereocenters. The molecule has 0 radical (unpaired) electrons. The zero-order chi connectivity index (χ0) is 39.4. The van der Waals surface area contributed by atoms with E-state index < -0.39 is 0 Å². The summed E-state index contributed by atoms with van der Waals surface area (Å²) in [4.78, 5) is 20.6. The van der Waals surface area contributed by atoms with Crippen LogP contribution in [-0.2, 0) is 9.47 Å². The van der Waals surface area contributed by atoms with Crippen LogP contribution < -0.4 is 31.2 Å². The lowest BCUT2D eigenvalue weighted by Crippen LogP contribution is -2.19. The molecule has 17 heteroatoms. The van der Waals surface area contributed by atoms with Gasteiger partial charge in [-0.05, 0) is 114 Å². The number of likely N-dealkylation sites (N-methyl/N-ethyl adjacent to an activating group) is 2. The number of anilines is 5. The molecular weight excluding hydrogens is 767 g/mol. The number of nitrogens with one attached hydrogen (secondary N) is 3. The van der Waals surface area contributed by atoms with Crippen molar-refractivity contribution in [1.82, 2.24) is 29.7 Å². The highest BCUT2D eigenvalue weighted by molar-refractivity contribution is 6.33. The van der Waals surface area contributed by atoms with Crippen molar-refractivity contribution >= 4 is 63.8 Å². The fraction of sp³-hybridized carbons (Fsp3) is 0.474. The lowest BCUT2D eigenvalue weighted by Gasteiger charge is -2.13. The van der Waals surface area contributed by atoms with Gasteiger partial charge in [0.1, 0.15) is 40.6 Å². The number of nitrogens with zero attached hydrogens (tertiary/aromatic N) is 6. The minimum absolute atomic E-state index is 0.189. The lowest BCUT2D eigenvalue weighted by atomic mass is 10.2. The van der Waals surface area contributed by atoms with Crippen LogP contribution in [-0.4, -0.2) is 123 Å². The molecule has 4 aromatic rings. The molecule has 2 aromatic heterocycles. The van der Waals surface area contributed by atoms with Crippen LogP contribution in [0.4, 0.5) is 29.0 Å². The molecule has 0 saturated carbocycles. The normalized spacial score (nSPS) is 16.2. The van der Waals surface area contributed by atoms with Crippen molar-refractivity contribution in [2.45, 2.75) is 37.9 Å². The number of aromatic nitrogens is 4. The highest BCUT2D eigenvalue weighted by Crippen LogP contribution is 2.24. The van der Waals surface area contributed by atoms with Crippen molar-refractivity contribution in [1.29, 1.82) is 0 Å². The van der Waals surface area contributed by atoms with Gasteiger partial charge in [-0.25, -0.2) is 9.97 Å². The van der Waals surface area contributed by atoms with Crippen molar-refractivity contribution < 1.29 is 18.9 Å². The van der Waals surface area contributed by atoms with Gasteiger partial charge in [-0.1, -0.05) is 23.2 Å². The zero-order valence-corrected chi connectivity index (χ0v) is 34.2. The summed E-state index contributed by atoms with van der Waals surface area (Å²) in [5.41, 5.74) is 7.18. The van der Waals surface area contributed by atoms with E-state index in [0.717, 1.165) is 74.9 Å². The van der Waals surface area contributed by atoms with Gasteiger partial charge < -0.3 is 50.4 Å². The van der Waals surface area contributed by atoms with E-state index >= 15 is 0 Å². The summed E-state index contributed by atoms with van der Waals surface area (Å²) in [7, 11) is 8.08. The topological polar surface area (TPSA) is 157 Å². The van der Waals surface area contributed by atoms with E-state index in [0.29, 0.717) is 53.9 Å². The fourth-order valence-electron chi connectivity index (χ4n) is 5.07. The number of nitrogen functional groups attached to an aromatic ring is 1. The summed E-state index contributed by atoms with van der Waals surface area (Å²) in [6.07, 6.45) is 7.88. The predicted molar refractivity (Wildman–Crippen MR) is 223 cm³/mol. The highest BCUT2D eigenvalue weighted by Gasteiger charge is 2.17. The van der Waals surface area contributed by atoms with Crippen molar-refractivity contribution in [3.63, 3.8) is 0 Å². The van der Waals surface area contributed by atoms with Gasteiger partial charge in [0.25, 0.3) is 0 Å². The van der Waals surface area contributed by atoms with Crippen LogP contribution in [0.3, 0.4) is 0 Å². The first kappa shape index (κ1) is 43.8. The molecule has 2 aliphatic heterocycles. The van der Waals surface area contributed by atoms with E-state index in [2.05, 4.69) is 45.7 Å². The molecule has 4 heterocycles. The number of nitrogens with two attached hydrogens (primary N) is 1. The number of benzene rings is 2. The number of rotatable bonds is 16.